The van der Waals surface area contributed by atoms with Gasteiger partial charge in [-0.25, -0.2) is 0 Å². The molecule has 56 valence electrons. The summed E-state index contributed by atoms with van der Waals surface area (Å²) in [5.74, 6) is -5.79. The zero-order valence-corrected chi connectivity index (χ0v) is 5.25. The molecule has 1 atom stereocenters. The van der Waals surface area contributed by atoms with Crippen molar-refractivity contribution in [2.75, 3.05) is 0 Å². The average Bonchev–Trinajstić information content (AvgIpc) is 1.84. The zero-order chi connectivity index (χ0) is 8.31. The fraction of sp³-hybridized carbons (Fsp3) is 0.250. The Morgan fingerprint density at radius 2 is 1.60 bits per heavy atom. The fourth-order valence-corrected chi connectivity index (χ4v) is 0.300. The smallest absolute Gasteiger partial charge is 0.201 e. The topological polar surface area (TPSA) is 97.3 Å². The van der Waals surface area contributed by atoms with Crippen LogP contribution in [0.15, 0.2) is 0 Å². The maximum atomic E-state index is 10.1. The van der Waals surface area contributed by atoms with Crippen LogP contribution in [0, 0.1) is 0 Å². The van der Waals surface area contributed by atoms with E-state index in [0.29, 0.717) is 0 Å². The quantitative estimate of drug-likeness (QED) is 0.247. The van der Waals surface area contributed by atoms with E-state index in [0.717, 1.165) is 0 Å². The van der Waals surface area contributed by atoms with Crippen LogP contribution >= 0.6 is 11.6 Å². The lowest BCUT2D eigenvalue weighted by molar-refractivity contribution is -0.309. The number of hydrogen-bond acceptors (Lipinski definition) is 5. The van der Waals surface area contributed by atoms with Gasteiger partial charge in [-0.05, 0) is 0 Å². The Balaban J connectivity index is 4.22. The molecule has 6 heteroatoms. The highest BCUT2D eigenvalue weighted by molar-refractivity contribution is 6.52. The van der Waals surface area contributed by atoms with Gasteiger partial charge in [0.25, 0.3) is 0 Å². The molecule has 1 unspecified atom stereocenters. The van der Waals surface area contributed by atoms with E-state index in [9.17, 15) is 24.6 Å². The number of carbonyl (C=O) groups excluding carboxylic acids is 3. The molecule has 0 saturated heterocycles. The van der Waals surface area contributed by atoms with Crippen molar-refractivity contribution in [2.24, 2.45) is 0 Å². The molecule has 0 bridgehead atoms. The van der Waals surface area contributed by atoms with Crippen LogP contribution in [0.4, 0.5) is 0 Å². The van der Waals surface area contributed by atoms with Gasteiger partial charge in [-0.15, -0.1) is 11.6 Å². The molecule has 0 radical (unpaired) electrons. The summed E-state index contributed by atoms with van der Waals surface area (Å²) >= 11 is 4.73. The summed E-state index contributed by atoms with van der Waals surface area (Å²) in [5.41, 5.74) is 0. The first-order chi connectivity index (χ1) is 4.46. The molecule has 0 aliphatic rings. The van der Waals surface area contributed by atoms with Crippen LogP contribution in [0.5, 0.6) is 0 Å². The maximum Gasteiger partial charge on any atom is 0.201 e. The molecule has 0 amide bonds. The first-order valence-electron chi connectivity index (χ1n) is 2.07. The van der Waals surface area contributed by atoms with Gasteiger partial charge in [0.2, 0.25) is 5.78 Å². The Labute approximate surface area is 60.2 Å². The highest BCUT2D eigenvalue weighted by Crippen LogP contribution is 1.94. The van der Waals surface area contributed by atoms with Gasteiger partial charge in [0, 0.05) is 0 Å². The Kier molecular flexibility index (Phi) is 2.82. The summed E-state index contributed by atoms with van der Waals surface area (Å²) in [6, 6.07) is 0. The number of hydrogen-bond donors (Lipinski definition) is 0. The van der Waals surface area contributed by atoms with Crippen LogP contribution in [0.2, 0.25) is 0 Å². The minimum atomic E-state index is -2.16. The second-order valence-electron chi connectivity index (χ2n) is 1.33. The number of carboxylic acid groups (broad SMARTS) is 2. The third-order valence-corrected chi connectivity index (χ3v) is 1.01. The lowest BCUT2D eigenvalue weighted by Gasteiger charge is -2.08. The molecule has 0 aromatic heterocycles. The number of halogens is 1. The normalized spacial score (nSPS) is 12.1. The van der Waals surface area contributed by atoms with Gasteiger partial charge in [0.15, 0.2) is 0 Å². The van der Waals surface area contributed by atoms with E-state index in [2.05, 4.69) is 0 Å². The number of aliphatic carboxylic acids is 2. The van der Waals surface area contributed by atoms with Crippen LogP contribution in [-0.2, 0) is 14.4 Å². The third kappa shape index (κ3) is 2.02. The molecule has 0 rings (SSSR count). The zero-order valence-electron chi connectivity index (χ0n) is 4.50. The van der Waals surface area contributed by atoms with E-state index < -0.39 is 23.1 Å². The van der Waals surface area contributed by atoms with Gasteiger partial charge < -0.3 is 19.8 Å². The van der Waals surface area contributed by atoms with Gasteiger partial charge in [0.1, 0.15) is 11.3 Å². The largest absolute Gasteiger partial charge is 0.548 e. The molecule has 5 nitrogen and oxygen atoms in total. The maximum absolute atomic E-state index is 10.1. The average molecular weight is 164 g/mol. The fourth-order valence-electron chi connectivity index (χ4n) is 0.211. The molecule has 0 fully saturated rings. The summed E-state index contributed by atoms with van der Waals surface area (Å²) < 4.78 is 0. The van der Waals surface area contributed by atoms with E-state index in [1.807, 2.05) is 0 Å². The summed E-state index contributed by atoms with van der Waals surface area (Å²) in [4.78, 5) is 29.4. The molecule has 0 heterocycles. The summed E-state index contributed by atoms with van der Waals surface area (Å²) in [6.45, 7) is 0. The second-order valence-corrected chi connectivity index (χ2v) is 1.77. The van der Waals surface area contributed by atoms with Gasteiger partial charge in [-0.3, -0.25) is 4.79 Å². The van der Waals surface area contributed by atoms with Crippen molar-refractivity contribution < 1.29 is 24.6 Å². The van der Waals surface area contributed by atoms with Crippen molar-refractivity contribution in [3.05, 3.63) is 0 Å². The van der Waals surface area contributed by atoms with Crippen molar-refractivity contribution in [3.8, 4) is 0 Å². The highest BCUT2D eigenvalue weighted by Gasteiger charge is 2.16. The Morgan fingerprint density at radius 3 is 1.70 bits per heavy atom. The summed E-state index contributed by atoms with van der Waals surface area (Å²) in [6.07, 6.45) is 0. The third-order valence-electron chi connectivity index (χ3n) is 0.638. The van der Waals surface area contributed by atoms with Gasteiger partial charge in [0.05, 0.1) is 5.97 Å². The van der Waals surface area contributed by atoms with E-state index in [1.54, 1.807) is 0 Å². The van der Waals surface area contributed by atoms with E-state index in [4.69, 9.17) is 11.6 Å². The number of ketones is 1. The van der Waals surface area contributed by atoms with Crippen molar-refractivity contribution in [2.45, 2.75) is 5.38 Å². The summed E-state index contributed by atoms with van der Waals surface area (Å²) in [7, 11) is 0. The molecule has 0 aliphatic heterocycles. The number of Topliss-reactive ketones (excluding diaryl/α,β-unsaturated/α-hetero) is 1. The first kappa shape index (κ1) is 8.90. The molecule has 0 aliphatic carbocycles. The molecule has 0 N–H and O–H groups in total. The van der Waals surface area contributed by atoms with Crippen LogP contribution in [-0.4, -0.2) is 23.1 Å². The lowest BCUT2D eigenvalue weighted by Crippen LogP contribution is -2.45. The predicted octanol–water partition coefficient (Wildman–Crippen LogP) is -3.34. The number of rotatable bonds is 3. The van der Waals surface area contributed by atoms with Gasteiger partial charge in [-0.1, -0.05) is 0 Å². The van der Waals surface area contributed by atoms with Crippen molar-refractivity contribution in [1.82, 2.24) is 0 Å². The number of carbonyl (C=O) groups is 3. The van der Waals surface area contributed by atoms with Gasteiger partial charge in [-0.2, -0.15) is 0 Å². The van der Waals surface area contributed by atoms with Crippen molar-refractivity contribution in [1.29, 1.82) is 0 Å². The monoisotopic (exact) mass is 164 g/mol. The standard InChI is InChI=1S/C4H3ClO5/c5-1(3(7)8)2(6)4(9)10/h1H,(H,7,8)(H,9,10)/p-2. The van der Waals surface area contributed by atoms with Gasteiger partial charge >= 0.3 is 0 Å². The SMILES string of the molecule is O=C([O-])C(=O)C(Cl)C(=O)[O-]. The summed E-state index contributed by atoms with van der Waals surface area (Å²) in [5, 5.41) is 17.1. The Morgan fingerprint density at radius 1 is 1.20 bits per heavy atom. The Bertz CT molecular complexity index is 186. The van der Waals surface area contributed by atoms with Crippen molar-refractivity contribution >= 4 is 29.3 Å². The molecule has 10 heavy (non-hydrogen) atoms. The molecule has 0 saturated carbocycles. The number of alkyl halides is 1. The van der Waals surface area contributed by atoms with Crippen LogP contribution < -0.4 is 10.2 Å². The van der Waals surface area contributed by atoms with Crippen LogP contribution in [0.3, 0.4) is 0 Å². The highest BCUT2D eigenvalue weighted by atomic mass is 35.5. The molecular formula is C4HClO5-2. The van der Waals surface area contributed by atoms with Crippen LogP contribution in [0.25, 0.3) is 0 Å². The molecule has 0 aromatic rings. The lowest BCUT2D eigenvalue weighted by atomic mass is 10.3. The number of carboxylic acids is 2. The minimum Gasteiger partial charge on any atom is -0.548 e. The minimum absolute atomic E-state index is 1.71. The van der Waals surface area contributed by atoms with Crippen molar-refractivity contribution in [3.63, 3.8) is 0 Å². The Hall–Kier alpha value is -1.10. The molecule has 0 aromatic carbocycles. The van der Waals surface area contributed by atoms with Crippen LogP contribution in [0.1, 0.15) is 0 Å². The predicted molar refractivity (Wildman–Crippen MR) is 24.7 cm³/mol. The first-order valence-corrected chi connectivity index (χ1v) is 2.50. The van der Waals surface area contributed by atoms with E-state index in [-0.39, 0.29) is 0 Å². The molecular weight excluding hydrogens is 163 g/mol. The van der Waals surface area contributed by atoms with E-state index in [1.165, 1.54) is 0 Å². The molecule has 0 spiro atoms. The van der Waals surface area contributed by atoms with E-state index >= 15 is 0 Å². The second kappa shape index (κ2) is 3.17.